The summed E-state index contributed by atoms with van der Waals surface area (Å²) < 4.78 is 5.99. The molecule has 0 saturated heterocycles. The van der Waals surface area contributed by atoms with Crippen LogP contribution in [-0.2, 0) is 17.2 Å². The van der Waals surface area contributed by atoms with Gasteiger partial charge in [0.05, 0.1) is 5.75 Å². The Morgan fingerprint density at radius 3 is 3.00 bits per heavy atom. The van der Waals surface area contributed by atoms with Crippen LogP contribution in [0.15, 0.2) is 38.2 Å². The van der Waals surface area contributed by atoms with Crippen LogP contribution in [0, 0.1) is 0 Å². The van der Waals surface area contributed by atoms with Crippen LogP contribution < -0.4 is 5.90 Å². The van der Waals surface area contributed by atoms with Gasteiger partial charge in [0.2, 0.25) is 0 Å². The lowest BCUT2D eigenvalue weighted by atomic mass is 10.4. The molecule has 17 heavy (non-hydrogen) atoms. The number of hydrogen-bond acceptors (Lipinski definition) is 6. The molecule has 7 heteroatoms. The van der Waals surface area contributed by atoms with E-state index in [4.69, 9.17) is 10.4 Å². The van der Waals surface area contributed by atoms with E-state index in [1.54, 1.807) is 11.8 Å². The largest absolute Gasteiger partial charge is 0.337 e. The number of rotatable bonds is 5. The molecule has 0 unspecified atom stereocenters. The molecule has 1 aromatic heterocycles. The van der Waals surface area contributed by atoms with E-state index in [1.807, 2.05) is 24.3 Å². The maximum absolute atomic E-state index is 4.93. The molecule has 2 rings (SSSR count). The third kappa shape index (κ3) is 3.53. The predicted octanol–water partition coefficient (Wildman–Crippen LogP) is 2.51. The van der Waals surface area contributed by atoms with Crippen molar-refractivity contribution in [3.63, 3.8) is 0 Å². The second-order valence-corrected chi connectivity index (χ2v) is 5.01. The van der Waals surface area contributed by atoms with E-state index >= 15 is 0 Å². The molecule has 2 N–H and O–H groups in total. The van der Waals surface area contributed by atoms with Crippen LogP contribution in [-0.4, -0.2) is 10.1 Å². The molecular weight excluding hydrogens is 306 g/mol. The highest BCUT2D eigenvalue weighted by molar-refractivity contribution is 9.10. The van der Waals surface area contributed by atoms with E-state index < -0.39 is 0 Å². The van der Waals surface area contributed by atoms with Crippen molar-refractivity contribution in [1.82, 2.24) is 10.1 Å². The fraction of sp³-hybridized carbons (Fsp3) is 0.200. The average molecular weight is 316 g/mol. The summed E-state index contributed by atoms with van der Waals surface area (Å²) >= 11 is 5.11. The molecule has 0 fully saturated rings. The maximum atomic E-state index is 4.93. The summed E-state index contributed by atoms with van der Waals surface area (Å²) in [5.74, 6) is 6.56. The summed E-state index contributed by atoms with van der Waals surface area (Å²) in [5.41, 5.74) is 0. The van der Waals surface area contributed by atoms with Gasteiger partial charge in [-0.3, -0.25) is 4.84 Å². The van der Waals surface area contributed by atoms with E-state index in [1.165, 1.54) is 0 Å². The molecule has 0 aliphatic carbocycles. The van der Waals surface area contributed by atoms with Gasteiger partial charge in [0, 0.05) is 9.37 Å². The van der Waals surface area contributed by atoms with Crippen molar-refractivity contribution >= 4 is 27.7 Å². The zero-order valence-electron chi connectivity index (χ0n) is 8.80. The van der Waals surface area contributed by atoms with Crippen molar-refractivity contribution in [1.29, 1.82) is 0 Å². The Morgan fingerprint density at radius 2 is 2.24 bits per heavy atom. The normalized spacial score (nSPS) is 10.7. The van der Waals surface area contributed by atoms with Gasteiger partial charge in [-0.1, -0.05) is 17.3 Å². The van der Waals surface area contributed by atoms with Crippen LogP contribution >= 0.6 is 27.7 Å². The standard InChI is InChI=1S/C10H10BrN3O2S/c11-7-3-1-2-4-8(7)17-6-9-13-10(5-15-12)16-14-9/h1-4H,5-6,12H2. The van der Waals surface area contributed by atoms with Gasteiger partial charge in [-0.15, -0.1) is 11.8 Å². The zero-order chi connectivity index (χ0) is 12.1. The predicted molar refractivity (Wildman–Crippen MR) is 67.0 cm³/mol. The number of nitrogens with zero attached hydrogens (tertiary/aromatic N) is 2. The van der Waals surface area contributed by atoms with E-state index in [0.29, 0.717) is 17.5 Å². The Labute approximate surface area is 111 Å². The molecule has 0 amide bonds. The Bertz CT molecular complexity index is 492. The first kappa shape index (κ1) is 12.6. The molecule has 2 aromatic rings. The number of nitrogens with two attached hydrogens (primary N) is 1. The smallest absolute Gasteiger partial charge is 0.254 e. The molecule has 0 aliphatic heterocycles. The van der Waals surface area contributed by atoms with Crippen molar-refractivity contribution in [2.24, 2.45) is 5.90 Å². The number of hydrogen-bond donors (Lipinski definition) is 1. The number of thioether (sulfide) groups is 1. The number of halogens is 1. The third-order valence-corrected chi connectivity index (χ3v) is 3.93. The van der Waals surface area contributed by atoms with E-state index in [9.17, 15) is 0 Å². The average Bonchev–Trinajstić information content (AvgIpc) is 2.76. The minimum atomic E-state index is 0.132. The summed E-state index contributed by atoms with van der Waals surface area (Å²) in [6.07, 6.45) is 0. The number of benzene rings is 1. The Hall–Kier alpha value is -0.890. The molecule has 5 nitrogen and oxygen atoms in total. The molecule has 0 spiro atoms. The Morgan fingerprint density at radius 1 is 1.41 bits per heavy atom. The Kier molecular flexibility index (Phi) is 4.55. The molecule has 90 valence electrons. The van der Waals surface area contributed by atoms with E-state index in [-0.39, 0.29) is 6.61 Å². The SMILES string of the molecule is NOCc1nc(CSc2ccccc2Br)no1. The van der Waals surface area contributed by atoms with Crippen molar-refractivity contribution in [2.45, 2.75) is 17.3 Å². The van der Waals surface area contributed by atoms with Crippen LogP contribution in [0.4, 0.5) is 0 Å². The van der Waals surface area contributed by atoms with Crippen LogP contribution in [0.25, 0.3) is 0 Å². The van der Waals surface area contributed by atoms with Gasteiger partial charge >= 0.3 is 0 Å². The maximum Gasteiger partial charge on any atom is 0.254 e. The third-order valence-electron chi connectivity index (χ3n) is 1.91. The van der Waals surface area contributed by atoms with Gasteiger partial charge in [0.1, 0.15) is 6.61 Å². The second-order valence-electron chi connectivity index (χ2n) is 3.13. The molecule has 0 saturated carbocycles. The minimum absolute atomic E-state index is 0.132. The summed E-state index contributed by atoms with van der Waals surface area (Å²) in [7, 11) is 0. The monoisotopic (exact) mass is 315 g/mol. The van der Waals surface area contributed by atoms with Gasteiger partial charge in [-0.25, -0.2) is 5.90 Å². The Balaban J connectivity index is 1.95. The lowest BCUT2D eigenvalue weighted by Crippen LogP contribution is -1.98. The molecular formula is C10H10BrN3O2S. The van der Waals surface area contributed by atoms with Gasteiger partial charge in [0.15, 0.2) is 5.82 Å². The molecule has 1 aromatic carbocycles. The zero-order valence-corrected chi connectivity index (χ0v) is 11.2. The van der Waals surface area contributed by atoms with Gasteiger partial charge in [0.25, 0.3) is 5.89 Å². The minimum Gasteiger partial charge on any atom is -0.337 e. The molecule has 0 aliphatic rings. The van der Waals surface area contributed by atoms with Crippen molar-refractivity contribution in [3.8, 4) is 0 Å². The summed E-state index contributed by atoms with van der Waals surface area (Å²) in [6.45, 7) is 0.132. The highest BCUT2D eigenvalue weighted by Crippen LogP contribution is 2.28. The van der Waals surface area contributed by atoms with Gasteiger partial charge < -0.3 is 4.52 Å². The quantitative estimate of drug-likeness (QED) is 0.675. The van der Waals surface area contributed by atoms with Crippen LogP contribution in [0.3, 0.4) is 0 Å². The van der Waals surface area contributed by atoms with Gasteiger partial charge in [-0.05, 0) is 28.1 Å². The summed E-state index contributed by atoms with van der Waals surface area (Å²) in [6, 6.07) is 7.97. The summed E-state index contributed by atoms with van der Waals surface area (Å²) in [4.78, 5) is 9.67. The lowest BCUT2D eigenvalue weighted by molar-refractivity contribution is 0.0995. The number of aromatic nitrogens is 2. The van der Waals surface area contributed by atoms with Gasteiger partial charge in [-0.2, -0.15) is 4.98 Å². The fourth-order valence-corrected chi connectivity index (χ4v) is 2.59. The lowest BCUT2D eigenvalue weighted by Gasteiger charge is -2.00. The topological polar surface area (TPSA) is 74.2 Å². The molecule has 1 heterocycles. The molecule has 0 atom stereocenters. The highest BCUT2D eigenvalue weighted by Gasteiger charge is 2.07. The first-order chi connectivity index (χ1) is 8.29. The first-order valence-electron chi connectivity index (χ1n) is 4.80. The van der Waals surface area contributed by atoms with Crippen LogP contribution in [0.2, 0.25) is 0 Å². The van der Waals surface area contributed by atoms with Crippen molar-refractivity contribution in [3.05, 3.63) is 40.5 Å². The van der Waals surface area contributed by atoms with Crippen LogP contribution in [0.5, 0.6) is 0 Å². The molecule has 0 bridgehead atoms. The summed E-state index contributed by atoms with van der Waals surface area (Å²) in [5, 5.41) is 3.82. The van der Waals surface area contributed by atoms with Crippen molar-refractivity contribution in [2.75, 3.05) is 0 Å². The molecule has 0 radical (unpaired) electrons. The fourth-order valence-electron chi connectivity index (χ4n) is 1.18. The van der Waals surface area contributed by atoms with Crippen LogP contribution in [0.1, 0.15) is 11.7 Å². The van der Waals surface area contributed by atoms with E-state index in [2.05, 4.69) is 30.9 Å². The first-order valence-corrected chi connectivity index (χ1v) is 6.58. The van der Waals surface area contributed by atoms with Crippen molar-refractivity contribution < 1.29 is 9.36 Å². The highest BCUT2D eigenvalue weighted by atomic mass is 79.9. The van der Waals surface area contributed by atoms with E-state index in [0.717, 1.165) is 9.37 Å². The second kappa shape index (κ2) is 6.15.